The first-order chi connectivity index (χ1) is 6.33. The molecule has 0 bridgehead atoms. The summed E-state index contributed by atoms with van der Waals surface area (Å²) < 4.78 is 0. The zero-order chi connectivity index (χ0) is 9.26. The molecule has 0 spiro atoms. The van der Waals surface area contributed by atoms with E-state index in [0.717, 1.165) is 11.1 Å². The van der Waals surface area contributed by atoms with E-state index in [-0.39, 0.29) is 0 Å². The summed E-state index contributed by atoms with van der Waals surface area (Å²) in [5.41, 5.74) is 1.73. The second-order valence-corrected chi connectivity index (χ2v) is 3.03. The lowest BCUT2D eigenvalue weighted by Gasteiger charge is -2.20. The molecule has 0 fully saturated rings. The Hall–Kier alpha value is -1.48. The Morgan fingerprint density at radius 3 is 2.85 bits per heavy atom. The molecule has 0 radical (unpaired) electrons. The second kappa shape index (κ2) is 3.11. The molecule has 13 heavy (non-hydrogen) atoms. The Labute approximate surface area is 75.7 Å². The predicted molar refractivity (Wildman–Crippen MR) is 50.0 cm³/mol. The number of nitrogens with zero attached hydrogens (tertiary/aromatic N) is 1. The van der Waals surface area contributed by atoms with Crippen LogP contribution >= 0.6 is 0 Å². The summed E-state index contributed by atoms with van der Waals surface area (Å²) in [6, 6.07) is 6.79. The van der Waals surface area contributed by atoms with Gasteiger partial charge in [-0.1, -0.05) is 41.6 Å². The number of nitroso groups, excluding NO2 is 1. The Morgan fingerprint density at radius 1 is 1.31 bits per heavy atom. The number of aliphatic hydroxyl groups excluding tert-OH is 1. The van der Waals surface area contributed by atoms with Gasteiger partial charge in [-0.25, -0.2) is 0 Å². The van der Waals surface area contributed by atoms with Crippen molar-refractivity contribution in [2.75, 3.05) is 0 Å². The molecule has 2 rings (SSSR count). The van der Waals surface area contributed by atoms with Crippen LogP contribution in [0.5, 0.6) is 0 Å². The highest BCUT2D eigenvalue weighted by Crippen LogP contribution is 2.29. The molecular formula is C10H9NO2. The summed E-state index contributed by atoms with van der Waals surface area (Å²) in [5, 5.41) is 12.5. The van der Waals surface area contributed by atoms with Gasteiger partial charge in [-0.05, 0) is 11.1 Å². The monoisotopic (exact) mass is 175 g/mol. The van der Waals surface area contributed by atoms with Crippen LogP contribution in [-0.2, 0) is 0 Å². The average Bonchev–Trinajstić information content (AvgIpc) is 2.19. The molecule has 1 aromatic rings. The minimum Gasteiger partial charge on any atom is -0.386 e. The van der Waals surface area contributed by atoms with E-state index in [0.29, 0.717) is 0 Å². The molecule has 3 nitrogen and oxygen atoms in total. The SMILES string of the molecule is O=NC1C=Cc2ccccc2C1O. The maximum Gasteiger partial charge on any atom is 0.140 e. The van der Waals surface area contributed by atoms with Gasteiger partial charge in [0.05, 0.1) is 0 Å². The lowest BCUT2D eigenvalue weighted by molar-refractivity contribution is 0.162. The first-order valence-corrected chi connectivity index (χ1v) is 4.10. The number of fused-ring (bicyclic) bond motifs is 1. The van der Waals surface area contributed by atoms with E-state index < -0.39 is 12.1 Å². The van der Waals surface area contributed by atoms with E-state index >= 15 is 0 Å². The van der Waals surface area contributed by atoms with Gasteiger partial charge in [-0.2, -0.15) is 4.91 Å². The van der Waals surface area contributed by atoms with Crippen LogP contribution in [0.25, 0.3) is 6.08 Å². The Balaban J connectivity index is 2.48. The summed E-state index contributed by atoms with van der Waals surface area (Å²) in [6.45, 7) is 0. The third kappa shape index (κ3) is 1.27. The van der Waals surface area contributed by atoms with Crippen molar-refractivity contribution in [1.29, 1.82) is 0 Å². The van der Waals surface area contributed by atoms with Gasteiger partial charge in [0.15, 0.2) is 0 Å². The van der Waals surface area contributed by atoms with Crippen molar-refractivity contribution in [3.05, 3.63) is 46.4 Å². The molecule has 1 aliphatic rings. The molecule has 0 heterocycles. The zero-order valence-electron chi connectivity index (χ0n) is 6.92. The van der Waals surface area contributed by atoms with Crippen LogP contribution < -0.4 is 0 Å². The quantitative estimate of drug-likeness (QED) is 0.662. The summed E-state index contributed by atoms with van der Waals surface area (Å²) in [4.78, 5) is 10.3. The van der Waals surface area contributed by atoms with Gasteiger partial charge in [0.1, 0.15) is 12.1 Å². The van der Waals surface area contributed by atoms with Gasteiger partial charge in [0, 0.05) is 0 Å². The standard InChI is InChI=1S/C10H9NO2/c12-10-8-4-2-1-3-7(8)5-6-9(10)11-13/h1-6,9-10,12H. The van der Waals surface area contributed by atoms with Crippen LogP contribution in [0, 0.1) is 4.91 Å². The number of rotatable bonds is 1. The molecule has 2 atom stereocenters. The number of aliphatic hydroxyl groups is 1. The molecule has 3 heteroatoms. The molecule has 0 aliphatic heterocycles. The van der Waals surface area contributed by atoms with Crippen molar-refractivity contribution in [2.24, 2.45) is 5.18 Å². The largest absolute Gasteiger partial charge is 0.386 e. The van der Waals surface area contributed by atoms with Gasteiger partial charge in [-0.3, -0.25) is 0 Å². The molecule has 0 saturated carbocycles. The Morgan fingerprint density at radius 2 is 2.08 bits per heavy atom. The molecule has 0 amide bonds. The minimum absolute atomic E-state index is 0.644. The number of hydrogen-bond acceptors (Lipinski definition) is 3. The van der Waals surface area contributed by atoms with Crippen LogP contribution in [0.3, 0.4) is 0 Å². The second-order valence-electron chi connectivity index (χ2n) is 3.03. The van der Waals surface area contributed by atoms with Gasteiger partial charge in [-0.15, -0.1) is 0 Å². The summed E-state index contributed by atoms with van der Waals surface area (Å²) in [6.07, 6.45) is 2.65. The van der Waals surface area contributed by atoms with E-state index in [9.17, 15) is 10.0 Å². The highest BCUT2D eigenvalue weighted by atomic mass is 16.3. The fraction of sp³-hybridized carbons (Fsp3) is 0.200. The van der Waals surface area contributed by atoms with Gasteiger partial charge in [0.2, 0.25) is 0 Å². The molecule has 2 unspecified atom stereocenters. The minimum atomic E-state index is -0.793. The van der Waals surface area contributed by atoms with Crippen molar-refractivity contribution < 1.29 is 5.11 Å². The normalized spacial score (nSPS) is 25.3. The molecule has 1 aliphatic carbocycles. The van der Waals surface area contributed by atoms with E-state index in [2.05, 4.69) is 5.18 Å². The van der Waals surface area contributed by atoms with Crippen molar-refractivity contribution in [3.8, 4) is 0 Å². The summed E-state index contributed by atoms with van der Waals surface area (Å²) in [5.74, 6) is 0. The Bertz CT molecular complexity index is 360. The highest BCUT2D eigenvalue weighted by Gasteiger charge is 2.24. The number of hydrogen-bond donors (Lipinski definition) is 1. The predicted octanol–water partition coefficient (Wildman–Crippen LogP) is 1.88. The molecule has 1 N–H and O–H groups in total. The Kier molecular flexibility index (Phi) is 1.94. The van der Waals surface area contributed by atoms with Crippen LogP contribution in [0.2, 0.25) is 0 Å². The first kappa shape index (κ1) is 8.13. The zero-order valence-corrected chi connectivity index (χ0v) is 6.92. The molecule has 66 valence electrons. The maximum absolute atomic E-state index is 10.3. The lowest BCUT2D eigenvalue weighted by atomic mass is 9.92. The fourth-order valence-electron chi connectivity index (χ4n) is 1.52. The van der Waals surface area contributed by atoms with E-state index in [1.54, 1.807) is 6.08 Å². The van der Waals surface area contributed by atoms with Crippen LogP contribution in [-0.4, -0.2) is 11.1 Å². The molecule has 0 saturated heterocycles. The number of benzene rings is 1. The summed E-state index contributed by atoms with van der Waals surface area (Å²) in [7, 11) is 0. The van der Waals surface area contributed by atoms with Crippen molar-refractivity contribution in [1.82, 2.24) is 0 Å². The average molecular weight is 175 g/mol. The first-order valence-electron chi connectivity index (χ1n) is 4.10. The third-order valence-corrected chi connectivity index (χ3v) is 2.23. The van der Waals surface area contributed by atoms with Crippen LogP contribution in [0.1, 0.15) is 17.2 Å². The smallest absolute Gasteiger partial charge is 0.140 e. The van der Waals surface area contributed by atoms with E-state index in [1.807, 2.05) is 30.3 Å². The summed E-state index contributed by atoms with van der Waals surface area (Å²) >= 11 is 0. The van der Waals surface area contributed by atoms with Gasteiger partial charge in [0.25, 0.3) is 0 Å². The molecule has 1 aromatic carbocycles. The van der Waals surface area contributed by atoms with Crippen LogP contribution in [0.15, 0.2) is 35.5 Å². The van der Waals surface area contributed by atoms with Crippen molar-refractivity contribution >= 4 is 6.08 Å². The van der Waals surface area contributed by atoms with E-state index in [1.165, 1.54) is 0 Å². The lowest BCUT2D eigenvalue weighted by Crippen LogP contribution is -2.17. The van der Waals surface area contributed by atoms with Gasteiger partial charge < -0.3 is 5.11 Å². The topological polar surface area (TPSA) is 49.7 Å². The fourth-order valence-corrected chi connectivity index (χ4v) is 1.52. The van der Waals surface area contributed by atoms with E-state index in [4.69, 9.17) is 0 Å². The van der Waals surface area contributed by atoms with Crippen LogP contribution in [0.4, 0.5) is 0 Å². The molecule has 0 aromatic heterocycles. The maximum atomic E-state index is 10.3. The van der Waals surface area contributed by atoms with Crippen molar-refractivity contribution in [2.45, 2.75) is 12.1 Å². The van der Waals surface area contributed by atoms with Crippen molar-refractivity contribution in [3.63, 3.8) is 0 Å². The molecular weight excluding hydrogens is 166 g/mol. The van der Waals surface area contributed by atoms with Gasteiger partial charge >= 0.3 is 0 Å². The highest BCUT2D eigenvalue weighted by molar-refractivity contribution is 5.58. The third-order valence-electron chi connectivity index (χ3n) is 2.23.